The van der Waals surface area contributed by atoms with Crippen LogP contribution in [0.15, 0.2) is 24.3 Å². The molecule has 4 heteroatoms. The average molecular weight is 503 g/mol. The molecule has 0 spiro atoms. The fraction of sp³-hybridized carbons (Fsp3) is 0.600. The number of hydrogen-bond acceptors (Lipinski definition) is 4. The number of aromatic hydroxyl groups is 2. The average Bonchev–Trinajstić information content (AvgIpc) is 2.63. The largest absolute Gasteiger partial charge is 0.507 e. The highest BCUT2D eigenvalue weighted by Crippen LogP contribution is 2.43. The molecule has 0 heterocycles. The summed E-state index contributed by atoms with van der Waals surface area (Å²) in [6.45, 7) is 25.9. The summed E-state index contributed by atoms with van der Waals surface area (Å²) in [6.07, 6.45) is 0. The Morgan fingerprint density at radius 2 is 0.676 bits per heavy atom. The van der Waals surface area contributed by atoms with E-state index < -0.39 is 0 Å². The number of hydrogen-bond donors (Lipinski definition) is 2. The first-order valence-corrected chi connectivity index (χ1v) is 14.7. The number of rotatable bonds is 5. The van der Waals surface area contributed by atoms with Gasteiger partial charge in [0.1, 0.15) is 11.5 Å². The molecule has 0 aliphatic heterocycles. The molecule has 0 amide bonds. The van der Waals surface area contributed by atoms with Crippen LogP contribution in [0.5, 0.6) is 11.5 Å². The maximum Gasteiger partial charge on any atom is 0.123 e. The smallest absolute Gasteiger partial charge is 0.123 e. The van der Waals surface area contributed by atoms with Gasteiger partial charge in [0, 0.05) is 11.5 Å². The van der Waals surface area contributed by atoms with Gasteiger partial charge in [-0.15, -0.1) is 0 Å². The summed E-state index contributed by atoms with van der Waals surface area (Å²) < 4.78 is 0. The van der Waals surface area contributed by atoms with Crippen LogP contribution in [0.2, 0.25) is 0 Å². The Kier molecular flexibility index (Phi) is 8.53. The molecule has 2 aromatic rings. The zero-order valence-electron chi connectivity index (χ0n) is 23.4. The summed E-state index contributed by atoms with van der Waals surface area (Å²) in [5.41, 5.74) is 6.11. The van der Waals surface area contributed by atoms with Gasteiger partial charge in [0.25, 0.3) is 0 Å². The lowest BCUT2D eigenvalue weighted by atomic mass is 9.78. The first-order chi connectivity index (χ1) is 15.2. The summed E-state index contributed by atoms with van der Waals surface area (Å²) in [5.74, 6) is 2.64. The van der Waals surface area contributed by atoms with Gasteiger partial charge >= 0.3 is 0 Å². The van der Waals surface area contributed by atoms with Gasteiger partial charge in [0.2, 0.25) is 0 Å². The summed E-state index contributed by atoms with van der Waals surface area (Å²) in [7, 11) is 3.70. The van der Waals surface area contributed by atoms with Gasteiger partial charge in [-0.05, 0) is 55.0 Å². The van der Waals surface area contributed by atoms with Crippen LogP contribution < -0.4 is 0 Å². The molecule has 34 heavy (non-hydrogen) atoms. The van der Waals surface area contributed by atoms with Gasteiger partial charge in [0.15, 0.2) is 0 Å². The van der Waals surface area contributed by atoms with Crippen molar-refractivity contribution in [1.82, 2.24) is 0 Å². The van der Waals surface area contributed by atoms with Crippen molar-refractivity contribution in [3.05, 3.63) is 57.6 Å². The van der Waals surface area contributed by atoms with E-state index in [0.29, 0.717) is 11.5 Å². The Bertz CT molecular complexity index is 857. The van der Waals surface area contributed by atoms with Gasteiger partial charge in [-0.3, -0.25) is 0 Å². The van der Waals surface area contributed by atoms with E-state index >= 15 is 0 Å². The molecule has 0 fully saturated rings. The van der Waals surface area contributed by atoms with Crippen molar-refractivity contribution in [2.75, 3.05) is 0 Å². The standard InChI is InChI=1S/C30H46O2S2/c1-27(2,3)21-13-19(14-22(25(21)31)28(4,5)6)17-33-34-18-20-15-23(29(7,8)9)26(32)24(16-20)30(10,11)12/h13-16,31-32H,17-18H2,1-12H3. The molecule has 0 radical (unpaired) electrons. The Morgan fingerprint density at radius 1 is 0.471 bits per heavy atom. The lowest BCUT2D eigenvalue weighted by molar-refractivity contribution is 0.422. The lowest BCUT2D eigenvalue weighted by Gasteiger charge is -2.28. The minimum absolute atomic E-state index is 0.114. The predicted octanol–water partition coefficient (Wildman–Crippen LogP) is 9.37. The fourth-order valence-corrected chi connectivity index (χ4v) is 6.15. The van der Waals surface area contributed by atoms with Crippen LogP contribution in [-0.2, 0) is 33.2 Å². The van der Waals surface area contributed by atoms with Crippen LogP contribution in [0.3, 0.4) is 0 Å². The monoisotopic (exact) mass is 502 g/mol. The Morgan fingerprint density at radius 3 is 0.853 bits per heavy atom. The molecule has 190 valence electrons. The van der Waals surface area contributed by atoms with E-state index in [9.17, 15) is 10.2 Å². The topological polar surface area (TPSA) is 40.5 Å². The van der Waals surface area contributed by atoms with Gasteiger partial charge in [-0.2, -0.15) is 0 Å². The molecule has 0 aliphatic carbocycles. The van der Waals surface area contributed by atoms with Crippen molar-refractivity contribution < 1.29 is 10.2 Å². The van der Waals surface area contributed by atoms with Crippen molar-refractivity contribution in [3.63, 3.8) is 0 Å². The normalized spacial score (nSPS) is 13.4. The van der Waals surface area contributed by atoms with Crippen LogP contribution in [-0.4, -0.2) is 10.2 Å². The SMILES string of the molecule is CC(C)(C)c1cc(CSSCc2cc(C(C)(C)C)c(O)c(C(C)(C)C)c2)cc(C(C)(C)C)c1O. The van der Waals surface area contributed by atoms with Crippen LogP contribution >= 0.6 is 21.6 Å². The van der Waals surface area contributed by atoms with E-state index in [0.717, 1.165) is 33.8 Å². The van der Waals surface area contributed by atoms with Crippen molar-refractivity contribution in [1.29, 1.82) is 0 Å². The van der Waals surface area contributed by atoms with Crippen molar-refractivity contribution in [3.8, 4) is 11.5 Å². The van der Waals surface area contributed by atoms with Crippen molar-refractivity contribution >= 4 is 21.6 Å². The lowest BCUT2D eigenvalue weighted by Crippen LogP contribution is -2.18. The summed E-state index contributed by atoms with van der Waals surface area (Å²) in [4.78, 5) is 0. The molecule has 2 nitrogen and oxygen atoms in total. The summed E-state index contributed by atoms with van der Waals surface area (Å²) in [6, 6.07) is 8.70. The second kappa shape index (κ2) is 10.0. The second-order valence-corrected chi connectivity index (χ2v) is 16.1. The number of benzene rings is 2. The van der Waals surface area contributed by atoms with E-state index in [1.165, 1.54) is 11.1 Å². The Balaban J connectivity index is 2.26. The van der Waals surface area contributed by atoms with E-state index in [-0.39, 0.29) is 21.7 Å². The number of phenolic OH excluding ortho intramolecular Hbond substituents is 2. The van der Waals surface area contributed by atoms with E-state index in [1.807, 2.05) is 21.6 Å². The maximum atomic E-state index is 11.0. The Hall–Kier alpha value is -1.26. The third-order valence-corrected chi connectivity index (χ3v) is 8.38. The molecule has 0 saturated heterocycles. The minimum atomic E-state index is -0.114. The molecular formula is C30H46O2S2. The maximum absolute atomic E-state index is 11.0. The first kappa shape index (κ1) is 29.0. The third-order valence-electron chi connectivity index (χ3n) is 6.11. The first-order valence-electron chi connectivity index (χ1n) is 12.2. The Labute approximate surface area is 216 Å². The molecule has 2 N–H and O–H groups in total. The van der Waals surface area contributed by atoms with Crippen molar-refractivity contribution in [2.24, 2.45) is 0 Å². The highest BCUT2D eigenvalue weighted by atomic mass is 33.1. The van der Waals surface area contributed by atoms with E-state index in [1.54, 1.807) is 0 Å². The minimum Gasteiger partial charge on any atom is -0.507 e. The van der Waals surface area contributed by atoms with Gasteiger partial charge in [-0.25, -0.2) is 0 Å². The van der Waals surface area contributed by atoms with Gasteiger partial charge < -0.3 is 10.2 Å². The second-order valence-electron chi connectivity index (χ2n) is 13.6. The van der Waals surface area contributed by atoms with Crippen LogP contribution in [0, 0.1) is 0 Å². The van der Waals surface area contributed by atoms with Crippen LogP contribution in [0.25, 0.3) is 0 Å². The zero-order valence-corrected chi connectivity index (χ0v) is 25.1. The molecular weight excluding hydrogens is 456 g/mol. The molecule has 0 bridgehead atoms. The summed E-state index contributed by atoms with van der Waals surface area (Å²) >= 11 is 0. The molecule has 2 aromatic carbocycles. The van der Waals surface area contributed by atoms with Gasteiger partial charge in [0.05, 0.1) is 0 Å². The molecule has 0 aliphatic rings. The van der Waals surface area contributed by atoms with Crippen LogP contribution in [0.1, 0.15) is 116 Å². The highest BCUT2D eigenvalue weighted by molar-refractivity contribution is 8.76. The predicted molar refractivity (Wildman–Crippen MR) is 154 cm³/mol. The van der Waals surface area contributed by atoms with Gasteiger partial charge in [-0.1, -0.05) is 129 Å². The van der Waals surface area contributed by atoms with E-state index in [4.69, 9.17) is 0 Å². The fourth-order valence-electron chi connectivity index (χ4n) is 4.06. The third kappa shape index (κ3) is 7.13. The summed E-state index contributed by atoms with van der Waals surface area (Å²) in [5, 5.41) is 22.0. The molecule has 0 atom stereocenters. The highest BCUT2D eigenvalue weighted by Gasteiger charge is 2.28. The molecule has 0 aromatic heterocycles. The van der Waals surface area contributed by atoms with E-state index in [2.05, 4.69) is 107 Å². The molecule has 0 unspecified atom stereocenters. The number of phenols is 2. The van der Waals surface area contributed by atoms with Crippen LogP contribution in [0.4, 0.5) is 0 Å². The molecule has 0 saturated carbocycles. The van der Waals surface area contributed by atoms with Crippen molar-refractivity contribution in [2.45, 2.75) is 116 Å². The molecule has 2 rings (SSSR count). The zero-order chi connectivity index (χ0) is 26.3. The quantitative estimate of drug-likeness (QED) is 0.315.